The monoisotopic (exact) mass is 182 g/mol. The first-order chi connectivity index (χ1) is 6.24. The van der Waals surface area contributed by atoms with Crippen LogP contribution in [-0.2, 0) is 7.05 Å². The van der Waals surface area contributed by atoms with Crippen LogP contribution in [0.25, 0.3) is 11.2 Å². The van der Waals surface area contributed by atoms with Crippen LogP contribution in [0.2, 0.25) is 0 Å². The molecule has 0 amide bonds. The number of aromatic nitrogens is 3. The molecule has 6 nitrogen and oxygen atoms in total. The van der Waals surface area contributed by atoms with Crippen molar-refractivity contribution in [3.63, 3.8) is 0 Å². The van der Waals surface area contributed by atoms with E-state index < -0.39 is 6.10 Å². The van der Waals surface area contributed by atoms with Crippen molar-refractivity contribution in [1.82, 2.24) is 14.7 Å². The van der Waals surface area contributed by atoms with E-state index in [0.717, 1.165) is 0 Å². The van der Waals surface area contributed by atoms with Gasteiger partial charge < -0.3 is 19.9 Å². The lowest BCUT2D eigenvalue weighted by molar-refractivity contribution is 0.149. The molecule has 1 atom stereocenters. The second kappa shape index (κ2) is 2.82. The van der Waals surface area contributed by atoms with E-state index in [1.807, 2.05) is 0 Å². The first kappa shape index (κ1) is 8.21. The molecule has 0 aliphatic rings. The van der Waals surface area contributed by atoms with Gasteiger partial charge in [-0.15, -0.1) is 0 Å². The summed E-state index contributed by atoms with van der Waals surface area (Å²) >= 11 is 0. The van der Waals surface area contributed by atoms with E-state index in [9.17, 15) is 5.11 Å². The lowest BCUT2D eigenvalue weighted by Gasteiger charge is -2.02. The number of hydrogen-bond donors (Lipinski definition) is 2. The first-order valence-corrected chi connectivity index (χ1v) is 3.88. The highest BCUT2D eigenvalue weighted by Crippen LogP contribution is 2.21. The fourth-order valence-corrected chi connectivity index (χ4v) is 1.23. The predicted molar refractivity (Wildman–Crippen MR) is 44.8 cm³/mol. The van der Waals surface area contributed by atoms with Crippen LogP contribution >= 0.6 is 0 Å². The number of imidazole rings is 1. The lowest BCUT2D eigenvalue weighted by atomic mass is 10.2. The van der Waals surface area contributed by atoms with Gasteiger partial charge in [-0.25, -0.2) is 4.98 Å². The van der Waals surface area contributed by atoms with E-state index in [1.54, 1.807) is 17.9 Å². The average Bonchev–Trinajstić information content (AvgIpc) is 2.68. The Balaban J connectivity index is 2.61. The van der Waals surface area contributed by atoms with Crippen LogP contribution in [-0.4, -0.2) is 26.4 Å². The number of nitrogens with zero attached hydrogens (tertiary/aromatic N) is 3. The predicted octanol–water partition coefficient (Wildman–Crippen LogP) is -0.447. The Labute approximate surface area is 73.9 Å². The fourth-order valence-electron chi connectivity index (χ4n) is 1.23. The molecule has 6 heteroatoms. The standard InChI is InChI=1S/C7H10N4O2/c1-11-3-9-7-5(11)6(13-10-7)4(12)2-8/h3-4,12H,2,8H2,1H3. The zero-order valence-corrected chi connectivity index (χ0v) is 7.14. The molecule has 13 heavy (non-hydrogen) atoms. The van der Waals surface area contributed by atoms with Crippen LogP contribution in [0.4, 0.5) is 0 Å². The third kappa shape index (κ3) is 1.11. The Hall–Kier alpha value is -1.40. The molecule has 0 aliphatic carbocycles. The quantitative estimate of drug-likeness (QED) is 0.656. The number of rotatable bonds is 2. The van der Waals surface area contributed by atoms with Crippen molar-refractivity contribution < 1.29 is 9.63 Å². The minimum Gasteiger partial charge on any atom is -0.384 e. The minimum absolute atomic E-state index is 0.107. The van der Waals surface area contributed by atoms with Crippen molar-refractivity contribution in [3.05, 3.63) is 12.1 Å². The van der Waals surface area contributed by atoms with E-state index in [0.29, 0.717) is 16.9 Å². The highest BCUT2D eigenvalue weighted by atomic mass is 16.5. The Morgan fingerprint density at radius 1 is 1.77 bits per heavy atom. The van der Waals surface area contributed by atoms with Gasteiger partial charge in [0.25, 0.3) is 0 Å². The summed E-state index contributed by atoms with van der Waals surface area (Å²) in [5.41, 5.74) is 6.49. The van der Waals surface area contributed by atoms with Gasteiger partial charge in [0.2, 0.25) is 5.65 Å². The Kier molecular flexibility index (Phi) is 1.78. The maximum absolute atomic E-state index is 9.46. The zero-order valence-electron chi connectivity index (χ0n) is 7.14. The molecule has 0 bridgehead atoms. The molecule has 70 valence electrons. The van der Waals surface area contributed by atoms with Crippen LogP contribution in [0.1, 0.15) is 11.9 Å². The van der Waals surface area contributed by atoms with E-state index in [2.05, 4.69) is 10.1 Å². The molecule has 2 aromatic rings. The molecule has 0 aromatic carbocycles. The summed E-state index contributed by atoms with van der Waals surface area (Å²) in [6.45, 7) is 0.107. The van der Waals surface area contributed by atoms with Crippen LogP contribution in [0, 0.1) is 0 Å². The molecular formula is C7H10N4O2. The van der Waals surface area contributed by atoms with Crippen molar-refractivity contribution >= 4 is 11.2 Å². The molecule has 2 heterocycles. The molecular weight excluding hydrogens is 172 g/mol. The van der Waals surface area contributed by atoms with Gasteiger partial charge in [-0.3, -0.25) is 0 Å². The molecule has 0 aliphatic heterocycles. The van der Waals surface area contributed by atoms with Gasteiger partial charge in [0, 0.05) is 13.6 Å². The summed E-state index contributed by atoms with van der Waals surface area (Å²) in [4.78, 5) is 3.96. The second-order valence-electron chi connectivity index (χ2n) is 2.83. The third-order valence-corrected chi connectivity index (χ3v) is 1.91. The number of hydrogen-bond acceptors (Lipinski definition) is 5. The molecule has 0 saturated heterocycles. The zero-order chi connectivity index (χ0) is 9.42. The Bertz CT molecular complexity index is 419. The van der Waals surface area contributed by atoms with E-state index in [4.69, 9.17) is 10.3 Å². The third-order valence-electron chi connectivity index (χ3n) is 1.91. The SMILES string of the molecule is Cn1cnc2noc(C(O)CN)c21. The molecule has 1 unspecified atom stereocenters. The lowest BCUT2D eigenvalue weighted by Crippen LogP contribution is -2.11. The van der Waals surface area contributed by atoms with Crippen molar-refractivity contribution in [2.45, 2.75) is 6.10 Å². The summed E-state index contributed by atoms with van der Waals surface area (Å²) in [5.74, 6) is 0.373. The highest BCUT2D eigenvalue weighted by Gasteiger charge is 2.18. The van der Waals surface area contributed by atoms with Gasteiger partial charge in [-0.05, 0) is 0 Å². The highest BCUT2D eigenvalue weighted by molar-refractivity contribution is 5.73. The van der Waals surface area contributed by atoms with E-state index in [-0.39, 0.29) is 6.54 Å². The minimum atomic E-state index is -0.819. The van der Waals surface area contributed by atoms with Crippen LogP contribution in [0.15, 0.2) is 10.9 Å². The van der Waals surface area contributed by atoms with Gasteiger partial charge in [0.05, 0.1) is 6.33 Å². The van der Waals surface area contributed by atoms with Gasteiger partial charge in [0.1, 0.15) is 11.6 Å². The molecule has 0 spiro atoms. The average molecular weight is 182 g/mol. The largest absolute Gasteiger partial charge is 0.384 e. The van der Waals surface area contributed by atoms with Gasteiger partial charge in [-0.2, -0.15) is 0 Å². The smallest absolute Gasteiger partial charge is 0.221 e. The number of nitrogens with two attached hydrogens (primary N) is 1. The van der Waals surface area contributed by atoms with Gasteiger partial charge in [0.15, 0.2) is 5.76 Å². The summed E-state index contributed by atoms with van der Waals surface area (Å²) in [6, 6.07) is 0. The van der Waals surface area contributed by atoms with E-state index in [1.165, 1.54) is 0 Å². The summed E-state index contributed by atoms with van der Waals surface area (Å²) < 4.78 is 6.66. The second-order valence-corrected chi connectivity index (χ2v) is 2.83. The fraction of sp³-hybridized carbons (Fsp3) is 0.429. The van der Waals surface area contributed by atoms with Crippen molar-refractivity contribution in [2.24, 2.45) is 12.8 Å². The number of fused-ring (bicyclic) bond motifs is 1. The number of aliphatic hydroxyl groups is 1. The summed E-state index contributed by atoms with van der Waals surface area (Å²) in [6.07, 6.45) is 0.792. The summed E-state index contributed by atoms with van der Waals surface area (Å²) in [7, 11) is 1.80. The number of aliphatic hydroxyl groups excluding tert-OH is 1. The molecule has 2 aromatic heterocycles. The van der Waals surface area contributed by atoms with Crippen LogP contribution in [0.5, 0.6) is 0 Å². The number of aryl methyl sites for hydroxylation is 1. The maximum atomic E-state index is 9.46. The summed E-state index contributed by atoms with van der Waals surface area (Å²) in [5, 5.41) is 13.1. The maximum Gasteiger partial charge on any atom is 0.221 e. The molecule has 0 saturated carbocycles. The van der Waals surface area contributed by atoms with Gasteiger partial charge >= 0.3 is 0 Å². The Morgan fingerprint density at radius 2 is 2.54 bits per heavy atom. The van der Waals surface area contributed by atoms with E-state index >= 15 is 0 Å². The Morgan fingerprint density at radius 3 is 3.23 bits per heavy atom. The van der Waals surface area contributed by atoms with Crippen LogP contribution in [0.3, 0.4) is 0 Å². The molecule has 0 fully saturated rings. The first-order valence-electron chi connectivity index (χ1n) is 3.88. The topological polar surface area (TPSA) is 90.1 Å². The molecule has 3 N–H and O–H groups in total. The molecule has 0 radical (unpaired) electrons. The van der Waals surface area contributed by atoms with Crippen molar-refractivity contribution in [3.8, 4) is 0 Å². The van der Waals surface area contributed by atoms with Crippen molar-refractivity contribution in [2.75, 3.05) is 6.54 Å². The molecule has 2 rings (SSSR count). The van der Waals surface area contributed by atoms with Crippen molar-refractivity contribution in [1.29, 1.82) is 0 Å². The normalized spacial score (nSPS) is 13.8. The van der Waals surface area contributed by atoms with Gasteiger partial charge in [-0.1, -0.05) is 5.16 Å². The van der Waals surface area contributed by atoms with Crippen LogP contribution < -0.4 is 5.73 Å².